The summed E-state index contributed by atoms with van der Waals surface area (Å²) in [5.74, 6) is 1.30. The Labute approximate surface area is 145 Å². The summed E-state index contributed by atoms with van der Waals surface area (Å²) in [6.07, 6.45) is 3.39. The van der Waals surface area contributed by atoms with Gasteiger partial charge in [0.2, 0.25) is 0 Å². The predicted molar refractivity (Wildman–Crippen MR) is 98.1 cm³/mol. The first kappa shape index (κ1) is 15.1. The van der Waals surface area contributed by atoms with Gasteiger partial charge < -0.3 is 4.74 Å². The highest BCUT2D eigenvalue weighted by Crippen LogP contribution is 2.25. The van der Waals surface area contributed by atoms with Crippen LogP contribution in [0.25, 0.3) is 10.8 Å². The first-order valence-electron chi connectivity index (χ1n) is 8.02. The number of rotatable bonds is 4. The second-order valence-electron chi connectivity index (χ2n) is 5.68. The molecule has 0 aliphatic heterocycles. The molecule has 25 heavy (non-hydrogen) atoms. The lowest BCUT2D eigenvalue weighted by Crippen LogP contribution is -2.03. The van der Waals surface area contributed by atoms with E-state index < -0.39 is 0 Å². The maximum absolute atomic E-state index is 13.0. The van der Waals surface area contributed by atoms with Crippen molar-refractivity contribution in [2.45, 2.75) is 0 Å². The summed E-state index contributed by atoms with van der Waals surface area (Å²) >= 11 is 0. The highest BCUT2D eigenvalue weighted by molar-refractivity contribution is 6.16. The van der Waals surface area contributed by atoms with E-state index >= 15 is 0 Å². The molecule has 0 saturated carbocycles. The van der Waals surface area contributed by atoms with Gasteiger partial charge in [-0.15, -0.1) is 0 Å². The van der Waals surface area contributed by atoms with Crippen molar-refractivity contribution in [3.8, 4) is 11.5 Å². The molecule has 3 aromatic carbocycles. The van der Waals surface area contributed by atoms with Gasteiger partial charge in [-0.3, -0.25) is 9.78 Å². The van der Waals surface area contributed by atoms with Gasteiger partial charge in [-0.2, -0.15) is 0 Å². The molecule has 0 amide bonds. The number of ketones is 1. The summed E-state index contributed by atoms with van der Waals surface area (Å²) in [5, 5.41) is 1.85. The predicted octanol–water partition coefficient (Wildman–Crippen LogP) is 5.26. The molecule has 1 heterocycles. The standard InChI is InChI=1S/C22H15NO2/c24-22(21-15-23-14-17-7-4-5-12-20(17)21)16-8-6-11-19(13-16)25-18-9-2-1-3-10-18/h1-15H. The zero-order valence-corrected chi connectivity index (χ0v) is 13.4. The van der Waals surface area contributed by atoms with E-state index in [4.69, 9.17) is 4.74 Å². The maximum Gasteiger partial charge on any atom is 0.195 e. The molecule has 3 heteroatoms. The molecule has 1 aromatic heterocycles. The molecule has 0 aliphatic rings. The first-order chi connectivity index (χ1) is 12.3. The number of para-hydroxylation sites is 1. The number of ether oxygens (including phenoxy) is 1. The number of fused-ring (bicyclic) bond motifs is 1. The van der Waals surface area contributed by atoms with Crippen LogP contribution in [0.4, 0.5) is 0 Å². The van der Waals surface area contributed by atoms with Crippen molar-refractivity contribution in [1.29, 1.82) is 0 Å². The Bertz CT molecular complexity index is 1040. The Balaban J connectivity index is 1.69. The molecular weight excluding hydrogens is 310 g/mol. The van der Waals surface area contributed by atoms with E-state index in [1.54, 1.807) is 24.5 Å². The lowest BCUT2D eigenvalue weighted by molar-refractivity contribution is 0.103. The normalized spacial score (nSPS) is 10.6. The van der Waals surface area contributed by atoms with Crippen LogP contribution >= 0.6 is 0 Å². The SMILES string of the molecule is O=C(c1cccc(Oc2ccccc2)c1)c1cncc2ccccc12. The third-order valence-corrected chi connectivity index (χ3v) is 3.99. The van der Waals surface area contributed by atoms with Crippen molar-refractivity contribution in [2.24, 2.45) is 0 Å². The summed E-state index contributed by atoms with van der Waals surface area (Å²) in [7, 11) is 0. The second-order valence-corrected chi connectivity index (χ2v) is 5.68. The minimum absolute atomic E-state index is 0.0668. The number of carbonyl (C=O) groups excluding carboxylic acids is 1. The summed E-state index contributed by atoms with van der Waals surface area (Å²) in [4.78, 5) is 17.2. The van der Waals surface area contributed by atoms with Crippen LogP contribution < -0.4 is 4.74 Å². The fourth-order valence-corrected chi connectivity index (χ4v) is 2.78. The summed E-state index contributed by atoms with van der Waals surface area (Å²) in [6.45, 7) is 0. The van der Waals surface area contributed by atoms with Crippen LogP contribution in [0, 0.1) is 0 Å². The van der Waals surface area contributed by atoms with Crippen molar-refractivity contribution in [1.82, 2.24) is 4.98 Å². The number of pyridine rings is 1. The zero-order chi connectivity index (χ0) is 17.1. The molecule has 4 aromatic rings. The Morgan fingerprint density at radius 3 is 2.40 bits per heavy atom. The Morgan fingerprint density at radius 2 is 1.52 bits per heavy atom. The van der Waals surface area contributed by atoms with Crippen LogP contribution in [0.5, 0.6) is 11.5 Å². The average Bonchev–Trinajstić information content (AvgIpc) is 2.68. The van der Waals surface area contributed by atoms with Crippen LogP contribution in [-0.2, 0) is 0 Å². The van der Waals surface area contributed by atoms with Crippen molar-refractivity contribution < 1.29 is 9.53 Å². The van der Waals surface area contributed by atoms with Gasteiger partial charge in [0.05, 0.1) is 0 Å². The molecule has 4 rings (SSSR count). The van der Waals surface area contributed by atoms with Gasteiger partial charge in [0, 0.05) is 28.9 Å². The molecule has 0 aliphatic carbocycles. The summed E-state index contributed by atoms with van der Waals surface area (Å²) in [6, 6.07) is 24.5. The fraction of sp³-hybridized carbons (Fsp3) is 0. The number of carbonyl (C=O) groups is 1. The lowest BCUT2D eigenvalue weighted by atomic mass is 9.99. The number of hydrogen-bond donors (Lipinski definition) is 0. The Kier molecular flexibility index (Phi) is 3.97. The number of aromatic nitrogens is 1. The van der Waals surface area contributed by atoms with Crippen molar-refractivity contribution in [3.63, 3.8) is 0 Å². The van der Waals surface area contributed by atoms with E-state index in [0.717, 1.165) is 16.5 Å². The van der Waals surface area contributed by atoms with Crippen LogP contribution in [0.2, 0.25) is 0 Å². The van der Waals surface area contributed by atoms with Crippen LogP contribution in [-0.4, -0.2) is 10.8 Å². The van der Waals surface area contributed by atoms with Gasteiger partial charge in [0.15, 0.2) is 5.78 Å². The summed E-state index contributed by atoms with van der Waals surface area (Å²) < 4.78 is 5.82. The Hall–Kier alpha value is -3.46. The molecule has 0 atom stereocenters. The fourth-order valence-electron chi connectivity index (χ4n) is 2.78. The topological polar surface area (TPSA) is 39.2 Å². The molecule has 0 fully saturated rings. The molecule has 0 radical (unpaired) electrons. The third kappa shape index (κ3) is 3.12. The Morgan fingerprint density at radius 1 is 0.760 bits per heavy atom. The van der Waals surface area contributed by atoms with Gasteiger partial charge in [0.1, 0.15) is 11.5 Å². The van der Waals surface area contributed by atoms with Crippen LogP contribution in [0.3, 0.4) is 0 Å². The van der Waals surface area contributed by atoms with E-state index in [2.05, 4.69) is 4.98 Å². The summed E-state index contributed by atoms with van der Waals surface area (Å²) in [5.41, 5.74) is 1.17. The van der Waals surface area contributed by atoms with Crippen molar-refractivity contribution in [2.75, 3.05) is 0 Å². The van der Waals surface area contributed by atoms with Gasteiger partial charge >= 0.3 is 0 Å². The monoisotopic (exact) mass is 325 g/mol. The third-order valence-electron chi connectivity index (χ3n) is 3.99. The highest BCUT2D eigenvalue weighted by Gasteiger charge is 2.13. The maximum atomic E-state index is 13.0. The molecule has 0 unspecified atom stereocenters. The molecular formula is C22H15NO2. The van der Waals surface area contributed by atoms with Crippen molar-refractivity contribution in [3.05, 3.63) is 102 Å². The molecule has 0 spiro atoms. The largest absolute Gasteiger partial charge is 0.457 e. The molecule has 3 nitrogen and oxygen atoms in total. The number of hydrogen-bond acceptors (Lipinski definition) is 3. The highest BCUT2D eigenvalue weighted by atomic mass is 16.5. The first-order valence-corrected chi connectivity index (χ1v) is 8.02. The van der Waals surface area contributed by atoms with E-state index in [0.29, 0.717) is 16.9 Å². The zero-order valence-electron chi connectivity index (χ0n) is 13.4. The van der Waals surface area contributed by atoms with E-state index in [-0.39, 0.29) is 5.78 Å². The second kappa shape index (κ2) is 6.57. The van der Waals surface area contributed by atoms with Gasteiger partial charge in [0.25, 0.3) is 0 Å². The number of nitrogens with zero attached hydrogens (tertiary/aromatic N) is 1. The molecule has 0 saturated heterocycles. The number of benzene rings is 3. The van der Waals surface area contributed by atoms with E-state index in [9.17, 15) is 4.79 Å². The van der Waals surface area contributed by atoms with Crippen LogP contribution in [0.15, 0.2) is 91.3 Å². The van der Waals surface area contributed by atoms with E-state index in [1.807, 2.05) is 66.7 Å². The van der Waals surface area contributed by atoms with Crippen molar-refractivity contribution >= 4 is 16.6 Å². The minimum atomic E-state index is -0.0668. The molecule has 120 valence electrons. The lowest BCUT2D eigenvalue weighted by Gasteiger charge is -2.08. The van der Waals surface area contributed by atoms with E-state index in [1.165, 1.54) is 0 Å². The molecule has 0 N–H and O–H groups in total. The average molecular weight is 325 g/mol. The van der Waals surface area contributed by atoms with Crippen LogP contribution in [0.1, 0.15) is 15.9 Å². The van der Waals surface area contributed by atoms with Gasteiger partial charge in [-0.05, 0) is 29.7 Å². The smallest absolute Gasteiger partial charge is 0.195 e. The van der Waals surface area contributed by atoms with Gasteiger partial charge in [-0.1, -0.05) is 54.6 Å². The minimum Gasteiger partial charge on any atom is -0.457 e. The van der Waals surface area contributed by atoms with Gasteiger partial charge in [-0.25, -0.2) is 0 Å². The quantitative estimate of drug-likeness (QED) is 0.481. The molecule has 0 bridgehead atoms.